The maximum absolute atomic E-state index is 5.97. The smallest absolute Gasteiger partial charge is 0.161 e. The Hall–Kier alpha value is -1.11. The van der Waals surface area contributed by atoms with Crippen molar-refractivity contribution in [2.24, 2.45) is 11.8 Å². The molecule has 0 saturated carbocycles. The normalized spacial score (nSPS) is 30.1. The van der Waals surface area contributed by atoms with E-state index in [-0.39, 0.29) is 12.1 Å². The first-order chi connectivity index (χ1) is 9.65. The third-order valence-corrected chi connectivity index (χ3v) is 4.56. The second kappa shape index (κ2) is 5.35. The average molecular weight is 280 g/mol. The minimum absolute atomic E-state index is 0.0187. The number of nitrogens with two attached hydrogens (primary N) is 1. The molecule has 2 aliphatic heterocycles. The number of hydrogen-bond donors (Lipinski definition) is 2. The topological polar surface area (TPSA) is 74.3 Å². The molecule has 2 bridgehead atoms. The van der Waals surface area contributed by atoms with Crippen LogP contribution in [-0.4, -0.2) is 29.1 Å². The van der Waals surface area contributed by atoms with Crippen LogP contribution in [0.1, 0.15) is 50.9 Å². The summed E-state index contributed by atoms with van der Waals surface area (Å²) in [4.78, 5) is 0. The summed E-state index contributed by atoms with van der Waals surface area (Å²) in [5.74, 6) is 7.05. The predicted molar refractivity (Wildman–Crippen MR) is 75.2 cm³/mol. The molecule has 3 heterocycles. The largest absolute Gasteiger partial charge is 0.493 e. The molecule has 0 amide bonds. The van der Waals surface area contributed by atoms with Gasteiger partial charge in [0.15, 0.2) is 5.75 Å². The number of hydrazine groups is 1. The van der Waals surface area contributed by atoms with Crippen LogP contribution in [-0.2, 0) is 4.74 Å². The summed E-state index contributed by atoms with van der Waals surface area (Å²) in [7, 11) is 1.68. The Kier molecular flexibility index (Phi) is 3.70. The van der Waals surface area contributed by atoms with Gasteiger partial charge in [-0.05, 0) is 33.1 Å². The van der Waals surface area contributed by atoms with Gasteiger partial charge < -0.3 is 9.47 Å². The zero-order valence-corrected chi connectivity index (χ0v) is 12.4. The Balaban J connectivity index is 1.94. The molecule has 1 aromatic heterocycles. The van der Waals surface area contributed by atoms with E-state index in [1.54, 1.807) is 13.3 Å². The lowest BCUT2D eigenvalue weighted by Crippen LogP contribution is -2.39. The van der Waals surface area contributed by atoms with Gasteiger partial charge >= 0.3 is 0 Å². The molecule has 4 unspecified atom stereocenters. The lowest BCUT2D eigenvalue weighted by molar-refractivity contribution is 0.0845. The highest BCUT2D eigenvalue weighted by molar-refractivity contribution is 5.30. The number of rotatable bonds is 5. The Morgan fingerprint density at radius 3 is 2.80 bits per heavy atom. The van der Waals surface area contributed by atoms with Crippen molar-refractivity contribution in [1.29, 1.82) is 0 Å². The van der Waals surface area contributed by atoms with Gasteiger partial charge in [0, 0.05) is 12.0 Å². The molecular formula is C14H24N4O2. The molecule has 2 fully saturated rings. The maximum Gasteiger partial charge on any atom is 0.161 e. The van der Waals surface area contributed by atoms with Gasteiger partial charge in [-0.15, -0.1) is 0 Å². The standard InChI is InChI=1S/C14H24N4O2/c1-8(2)18-14(12(19-3)7-16-18)13(17-15)10-6-9-4-5-11(10)20-9/h7-11,13,17H,4-6,15H2,1-3H3. The lowest BCUT2D eigenvalue weighted by atomic mass is 9.82. The van der Waals surface area contributed by atoms with Crippen LogP contribution in [0.5, 0.6) is 5.75 Å². The summed E-state index contributed by atoms with van der Waals surface area (Å²) in [6.07, 6.45) is 5.85. The van der Waals surface area contributed by atoms with E-state index in [2.05, 4.69) is 24.4 Å². The minimum atomic E-state index is 0.0187. The van der Waals surface area contributed by atoms with Crippen LogP contribution in [0, 0.1) is 5.92 Å². The van der Waals surface area contributed by atoms with Crippen molar-refractivity contribution in [3.63, 3.8) is 0 Å². The van der Waals surface area contributed by atoms with Crippen LogP contribution >= 0.6 is 0 Å². The van der Waals surface area contributed by atoms with Gasteiger partial charge in [0.05, 0.1) is 37.3 Å². The van der Waals surface area contributed by atoms with Gasteiger partial charge in [0.25, 0.3) is 0 Å². The van der Waals surface area contributed by atoms with Gasteiger partial charge in [-0.3, -0.25) is 16.0 Å². The van der Waals surface area contributed by atoms with E-state index in [1.807, 2.05) is 4.68 Å². The van der Waals surface area contributed by atoms with Gasteiger partial charge in [0.2, 0.25) is 0 Å². The van der Waals surface area contributed by atoms with Crippen molar-refractivity contribution in [2.45, 2.75) is 57.4 Å². The first kappa shape index (κ1) is 13.9. The highest BCUT2D eigenvalue weighted by Gasteiger charge is 2.46. The first-order valence-corrected chi connectivity index (χ1v) is 7.38. The van der Waals surface area contributed by atoms with E-state index in [1.165, 1.54) is 6.42 Å². The molecule has 3 N–H and O–H groups in total. The van der Waals surface area contributed by atoms with Gasteiger partial charge in [-0.1, -0.05) is 0 Å². The van der Waals surface area contributed by atoms with E-state index in [0.717, 1.165) is 24.3 Å². The third-order valence-electron chi connectivity index (χ3n) is 4.56. The summed E-state index contributed by atoms with van der Waals surface area (Å²) in [6, 6.07) is 0.286. The van der Waals surface area contributed by atoms with Crippen LogP contribution in [0.15, 0.2) is 6.20 Å². The molecule has 2 aliphatic rings. The molecule has 0 aromatic carbocycles. The Morgan fingerprint density at radius 1 is 1.50 bits per heavy atom. The minimum Gasteiger partial charge on any atom is -0.493 e. The zero-order valence-electron chi connectivity index (χ0n) is 12.4. The van der Waals surface area contributed by atoms with Crippen LogP contribution in [0.3, 0.4) is 0 Å². The van der Waals surface area contributed by atoms with Crippen LogP contribution in [0.25, 0.3) is 0 Å². The lowest BCUT2D eigenvalue weighted by Gasteiger charge is -2.29. The molecular weight excluding hydrogens is 256 g/mol. The molecule has 4 atom stereocenters. The fraction of sp³-hybridized carbons (Fsp3) is 0.786. The summed E-state index contributed by atoms with van der Waals surface area (Å²) in [5.41, 5.74) is 4.01. The fourth-order valence-electron chi connectivity index (χ4n) is 3.65. The summed E-state index contributed by atoms with van der Waals surface area (Å²) >= 11 is 0. The number of aromatic nitrogens is 2. The molecule has 20 heavy (non-hydrogen) atoms. The van der Waals surface area contributed by atoms with Crippen LogP contribution in [0.2, 0.25) is 0 Å². The Bertz CT molecular complexity index is 474. The Labute approximate surface area is 119 Å². The molecule has 0 aliphatic carbocycles. The molecule has 6 heteroatoms. The molecule has 3 rings (SSSR count). The van der Waals surface area contributed by atoms with Gasteiger partial charge in [-0.2, -0.15) is 5.10 Å². The molecule has 0 radical (unpaired) electrons. The average Bonchev–Trinajstić information content (AvgIpc) is 3.13. The van der Waals surface area contributed by atoms with Gasteiger partial charge in [-0.25, -0.2) is 0 Å². The van der Waals surface area contributed by atoms with Crippen molar-refractivity contribution in [2.75, 3.05) is 7.11 Å². The second-order valence-corrected chi connectivity index (χ2v) is 6.05. The number of nitrogens with zero attached hydrogens (tertiary/aromatic N) is 2. The first-order valence-electron chi connectivity index (χ1n) is 7.38. The maximum atomic E-state index is 5.97. The molecule has 1 aromatic rings. The number of methoxy groups -OCH3 is 1. The van der Waals surface area contributed by atoms with Crippen molar-refractivity contribution in [1.82, 2.24) is 15.2 Å². The molecule has 6 nitrogen and oxygen atoms in total. The second-order valence-electron chi connectivity index (χ2n) is 6.05. The van der Waals surface area contributed by atoms with Crippen molar-refractivity contribution in [3.05, 3.63) is 11.9 Å². The van der Waals surface area contributed by atoms with Crippen LogP contribution in [0.4, 0.5) is 0 Å². The highest BCUT2D eigenvalue weighted by Crippen LogP contribution is 2.46. The van der Waals surface area contributed by atoms with E-state index >= 15 is 0 Å². The van der Waals surface area contributed by atoms with Crippen molar-refractivity contribution in [3.8, 4) is 5.75 Å². The van der Waals surface area contributed by atoms with E-state index < -0.39 is 0 Å². The molecule has 112 valence electrons. The molecule has 2 saturated heterocycles. The summed E-state index contributed by atoms with van der Waals surface area (Å²) in [6.45, 7) is 4.22. The Morgan fingerprint density at radius 2 is 2.30 bits per heavy atom. The van der Waals surface area contributed by atoms with E-state index in [4.69, 9.17) is 15.3 Å². The van der Waals surface area contributed by atoms with Crippen molar-refractivity contribution >= 4 is 0 Å². The predicted octanol–water partition coefficient (Wildman–Crippen LogP) is 1.54. The third kappa shape index (κ3) is 2.12. The molecule has 0 spiro atoms. The van der Waals surface area contributed by atoms with E-state index in [9.17, 15) is 0 Å². The SMILES string of the molecule is COc1cnn(C(C)C)c1C(NN)C1CC2CCC1O2. The fourth-order valence-corrected chi connectivity index (χ4v) is 3.65. The van der Waals surface area contributed by atoms with Crippen molar-refractivity contribution < 1.29 is 9.47 Å². The highest BCUT2D eigenvalue weighted by atomic mass is 16.5. The number of fused-ring (bicyclic) bond motifs is 2. The monoisotopic (exact) mass is 280 g/mol. The number of hydrogen-bond acceptors (Lipinski definition) is 5. The van der Waals surface area contributed by atoms with E-state index in [0.29, 0.717) is 18.1 Å². The zero-order chi connectivity index (χ0) is 14.3. The number of ether oxygens (including phenoxy) is 2. The van der Waals surface area contributed by atoms with Crippen LogP contribution < -0.4 is 16.0 Å². The summed E-state index contributed by atoms with van der Waals surface area (Å²) < 4.78 is 13.4. The quantitative estimate of drug-likeness (QED) is 0.632. The summed E-state index contributed by atoms with van der Waals surface area (Å²) in [5, 5.41) is 4.44. The number of nitrogens with one attached hydrogen (secondary N) is 1. The van der Waals surface area contributed by atoms with Gasteiger partial charge in [0.1, 0.15) is 0 Å².